The van der Waals surface area contributed by atoms with Gasteiger partial charge >= 0.3 is 12.1 Å². The third-order valence-corrected chi connectivity index (χ3v) is 9.51. The highest BCUT2D eigenvalue weighted by Gasteiger charge is 2.39. The number of allylic oxidation sites excluding steroid dienone is 1. The molecular weight excluding hydrogens is 657 g/mol. The number of aryl methyl sites for hydroxylation is 1. The summed E-state index contributed by atoms with van der Waals surface area (Å²) in [7, 11) is -2.92. The molecule has 0 bridgehead atoms. The van der Waals surface area contributed by atoms with E-state index in [1.165, 1.54) is 59.8 Å². The first-order valence-electron chi connectivity index (χ1n) is 14.1. The van der Waals surface area contributed by atoms with E-state index in [1.54, 1.807) is 0 Å². The largest absolute Gasteiger partial charge is 0.465 e. The number of amides is 1. The molecule has 13 heteroatoms. The van der Waals surface area contributed by atoms with Gasteiger partial charge in [-0.1, -0.05) is 47.5 Å². The Morgan fingerprint density at radius 2 is 1.66 bits per heavy atom. The molecule has 1 amide bonds. The minimum absolute atomic E-state index is 0.0151. The first-order chi connectivity index (χ1) is 22.2. The molecule has 1 aliphatic heterocycles. The Bertz CT molecular complexity index is 2000. The van der Waals surface area contributed by atoms with Crippen LogP contribution in [0, 0.1) is 6.92 Å². The van der Waals surface area contributed by atoms with Gasteiger partial charge in [0.1, 0.15) is 11.5 Å². The van der Waals surface area contributed by atoms with Crippen molar-refractivity contribution in [3.8, 4) is 0 Å². The average Bonchev–Trinajstić information content (AvgIpc) is 3.57. The standard InChI is InChI=1S/C34H28ClF3N2O6S/c1-21-7-9-23(10-8-21)19-39(47(43,44)29-15-11-25(35)12-16-29)20-28-14-13-27(46-28)18-30-31(33(42)45-3)22(2)40(32(30)41)26-6-4-5-24(17-26)34(36,37)38/h4-18H,19-20H2,1-3H3/b30-18+. The van der Waals surface area contributed by atoms with Gasteiger partial charge in [0.25, 0.3) is 5.91 Å². The van der Waals surface area contributed by atoms with Crippen LogP contribution in [0.3, 0.4) is 0 Å². The van der Waals surface area contributed by atoms with Crippen LogP contribution >= 0.6 is 11.6 Å². The van der Waals surface area contributed by atoms with Crippen LogP contribution in [0.25, 0.3) is 6.08 Å². The highest BCUT2D eigenvalue weighted by molar-refractivity contribution is 7.89. The molecule has 0 saturated heterocycles. The maximum absolute atomic E-state index is 13.7. The molecule has 1 aliphatic rings. The van der Waals surface area contributed by atoms with Crippen LogP contribution in [0.15, 0.2) is 111 Å². The number of furan rings is 1. The number of carbonyl (C=O) groups is 2. The van der Waals surface area contributed by atoms with Crippen LogP contribution < -0.4 is 4.90 Å². The Balaban J connectivity index is 1.49. The highest BCUT2D eigenvalue weighted by atomic mass is 35.5. The second-order valence-corrected chi connectivity index (χ2v) is 13.1. The zero-order valence-electron chi connectivity index (χ0n) is 25.3. The average molecular weight is 685 g/mol. The van der Waals surface area contributed by atoms with Crippen molar-refractivity contribution in [2.24, 2.45) is 0 Å². The molecule has 0 unspecified atom stereocenters. The Hall–Kier alpha value is -4.65. The van der Waals surface area contributed by atoms with Crippen LogP contribution in [0.5, 0.6) is 0 Å². The first-order valence-corrected chi connectivity index (χ1v) is 15.9. The fourth-order valence-electron chi connectivity index (χ4n) is 5.06. The maximum atomic E-state index is 13.7. The number of alkyl halides is 3. The number of halogens is 4. The predicted octanol–water partition coefficient (Wildman–Crippen LogP) is 7.53. The number of sulfonamides is 1. The second kappa shape index (κ2) is 13.2. The van der Waals surface area contributed by atoms with Crippen molar-refractivity contribution < 1.29 is 40.3 Å². The smallest absolute Gasteiger partial charge is 0.416 e. The number of benzene rings is 3. The van der Waals surface area contributed by atoms with Crippen molar-refractivity contribution in [1.29, 1.82) is 0 Å². The Labute approximate surface area is 274 Å². The van der Waals surface area contributed by atoms with E-state index in [0.29, 0.717) is 5.02 Å². The molecule has 0 atom stereocenters. The summed E-state index contributed by atoms with van der Waals surface area (Å²) >= 11 is 5.98. The summed E-state index contributed by atoms with van der Waals surface area (Å²) in [5, 5.41) is 0.376. The summed E-state index contributed by atoms with van der Waals surface area (Å²) in [6.07, 6.45) is -3.38. The molecule has 0 N–H and O–H groups in total. The van der Waals surface area contributed by atoms with E-state index < -0.39 is 33.6 Å². The monoisotopic (exact) mass is 684 g/mol. The molecule has 5 rings (SSSR count). The van der Waals surface area contributed by atoms with Crippen molar-refractivity contribution in [2.45, 2.75) is 38.0 Å². The highest BCUT2D eigenvalue weighted by Crippen LogP contribution is 2.38. The van der Waals surface area contributed by atoms with Crippen LogP contribution in [-0.2, 0) is 43.6 Å². The summed E-state index contributed by atoms with van der Waals surface area (Å²) in [6, 6.07) is 20.4. The molecule has 0 fully saturated rings. The number of nitrogens with zero attached hydrogens (tertiary/aromatic N) is 2. The van der Waals surface area contributed by atoms with E-state index >= 15 is 0 Å². The van der Waals surface area contributed by atoms with Gasteiger partial charge in [-0.3, -0.25) is 9.69 Å². The SMILES string of the molecule is COC(=O)C1=C(C)N(c2cccc(C(F)(F)F)c2)C(=O)/C1=C/c1ccc(CN(Cc2ccc(C)cc2)S(=O)(=O)c2ccc(Cl)cc2)o1. The molecule has 2 heterocycles. The number of rotatable bonds is 9. The van der Waals surface area contributed by atoms with Crippen molar-refractivity contribution in [3.05, 3.63) is 135 Å². The number of hydrogen-bond donors (Lipinski definition) is 0. The fraction of sp³-hybridized carbons (Fsp3) is 0.176. The van der Waals surface area contributed by atoms with E-state index in [0.717, 1.165) is 41.3 Å². The van der Waals surface area contributed by atoms with Gasteiger partial charge in [0, 0.05) is 23.0 Å². The van der Waals surface area contributed by atoms with Crippen molar-refractivity contribution in [1.82, 2.24) is 4.31 Å². The number of anilines is 1. The lowest BCUT2D eigenvalue weighted by atomic mass is 10.1. The number of hydrogen-bond acceptors (Lipinski definition) is 6. The lowest BCUT2D eigenvalue weighted by molar-refractivity contribution is -0.137. The van der Waals surface area contributed by atoms with E-state index in [9.17, 15) is 31.2 Å². The minimum atomic E-state index is -4.65. The summed E-state index contributed by atoms with van der Waals surface area (Å²) in [6.45, 7) is 3.16. The van der Waals surface area contributed by atoms with Crippen LogP contribution in [0.2, 0.25) is 5.02 Å². The lowest BCUT2D eigenvalue weighted by Gasteiger charge is -2.21. The quantitative estimate of drug-likeness (QED) is 0.134. The van der Waals surface area contributed by atoms with E-state index in [4.69, 9.17) is 20.8 Å². The first kappa shape index (κ1) is 33.7. The van der Waals surface area contributed by atoms with Crippen molar-refractivity contribution in [2.75, 3.05) is 12.0 Å². The summed E-state index contributed by atoms with van der Waals surface area (Å²) in [4.78, 5) is 27.4. The Morgan fingerprint density at radius 1 is 0.979 bits per heavy atom. The van der Waals surface area contributed by atoms with Crippen LogP contribution in [0.1, 0.15) is 35.1 Å². The van der Waals surface area contributed by atoms with E-state index in [-0.39, 0.29) is 52.0 Å². The third kappa shape index (κ3) is 7.19. The van der Waals surface area contributed by atoms with Gasteiger partial charge in [0.2, 0.25) is 10.0 Å². The molecule has 244 valence electrons. The molecule has 0 aliphatic carbocycles. The van der Waals surface area contributed by atoms with Crippen molar-refractivity contribution >= 4 is 45.3 Å². The van der Waals surface area contributed by atoms with Gasteiger partial charge in [-0.05, 0) is 80.1 Å². The number of methoxy groups -OCH3 is 1. The van der Waals surface area contributed by atoms with Crippen molar-refractivity contribution in [3.63, 3.8) is 0 Å². The number of ether oxygens (including phenoxy) is 1. The maximum Gasteiger partial charge on any atom is 0.416 e. The summed E-state index contributed by atoms with van der Waals surface area (Å²) in [5.41, 5.74) is 0.429. The zero-order valence-corrected chi connectivity index (χ0v) is 26.9. The van der Waals surface area contributed by atoms with E-state index in [2.05, 4.69) is 0 Å². The molecule has 0 saturated carbocycles. The molecule has 3 aromatic carbocycles. The Morgan fingerprint density at radius 3 is 2.30 bits per heavy atom. The van der Waals surface area contributed by atoms with Gasteiger partial charge in [0.15, 0.2) is 0 Å². The minimum Gasteiger partial charge on any atom is -0.465 e. The predicted molar refractivity (Wildman–Crippen MR) is 169 cm³/mol. The molecule has 47 heavy (non-hydrogen) atoms. The molecule has 0 radical (unpaired) electrons. The van der Waals surface area contributed by atoms with Crippen LogP contribution in [-0.4, -0.2) is 31.7 Å². The topological polar surface area (TPSA) is 97.1 Å². The summed E-state index contributed by atoms with van der Waals surface area (Å²) < 4.78 is 79.8. The Kier molecular flexibility index (Phi) is 9.48. The fourth-order valence-corrected chi connectivity index (χ4v) is 6.58. The number of carbonyl (C=O) groups excluding carboxylic acids is 2. The second-order valence-electron chi connectivity index (χ2n) is 10.7. The molecule has 0 spiro atoms. The van der Waals surface area contributed by atoms with Gasteiger partial charge in [-0.25, -0.2) is 13.2 Å². The van der Waals surface area contributed by atoms with Crippen LogP contribution in [0.4, 0.5) is 18.9 Å². The van der Waals surface area contributed by atoms with Gasteiger partial charge in [-0.15, -0.1) is 0 Å². The molecule has 8 nitrogen and oxygen atoms in total. The van der Waals surface area contributed by atoms with Gasteiger partial charge in [0.05, 0.1) is 35.3 Å². The molecule has 4 aromatic rings. The number of esters is 1. The molecule has 1 aromatic heterocycles. The lowest BCUT2D eigenvalue weighted by Crippen LogP contribution is -2.30. The summed E-state index contributed by atoms with van der Waals surface area (Å²) in [5.74, 6) is -1.32. The van der Waals surface area contributed by atoms with Gasteiger partial charge < -0.3 is 9.15 Å². The van der Waals surface area contributed by atoms with E-state index in [1.807, 2.05) is 31.2 Å². The zero-order chi connectivity index (χ0) is 34.1. The van der Waals surface area contributed by atoms with Gasteiger partial charge in [-0.2, -0.15) is 17.5 Å². The normalized spacial score (nSPS) is 14.9. The third-order valence-electron chi connectivity index (χ3n) is 7.45. The molecular formula is C34H28ClF3N2O6S.